The summed E-state index contributed by atoms with van der Waals surface area (Å²) in [5.41, 5.74) is 0. The van der Waals surface area contributed by atoms with Gasteiger partial charge in [-0.2, -0.15) is 0 Å². The van der Waals surface area contributed by atoms with E-state index in [1.165, 1.54) is 0 Å². The van der Waals surface area contributed by atoms with Crippen LogP contribution in [0.3, 0.4) is 0 Å². The first-order valence-electron chi connectivity index (χ1n) is 1.60. The van der Waals surface area contributed by atoms with E-state index in [1.54, 1.807) is 12.5 Å². The lowest BCUT2D eigenvalue weighted by atomic mass is 11.9. The number of rotatable bonds is 0. The van der Waals surface area contributed by atoms with E-state index in [9.17, 15) is 0 Å². The Hall–Kier alpha value is 0.660. The van der Waals surface area contributed by atoms with Crippen LogP contribution in [-0.2, 0) is 10.1 Å². The molecular formula is C2H9O3PS. The molecule has 0 atom stereocenters. The van der Waals surface area contributed by atoms with Gasteiger partial charge in [-0.1, -0.05) is 0 Å². The van der Waals surface area contributed by atoms with Crippen molar-refractivity contribution < 1.29 is 14.7 Å². The monoisotopic (exact) mass is 144 g/mol. The Kier molecular flexibility index (Phi) is 2.50. The molecule has 0 aliphatic carbocycles. The predicted molar refractivity (Wildman–Crippen MR) is 32.8 cm³/mol. The van der Waals surface area contributed by atoms with E-state index in [1.807, 2.05) is 0 Å². The third kappa shape index (κ3) is 3.26. The van der Waals surface area contributed by atoms with Crippen molar-refractivity contribution in [3.05, 3.63) is 0 Å². The predicted octanol–water partition coefficient (Wildman–Crippen LogP) is -0.481. The highest BCUT2D eigenvalue weighted by atomic mass is 32.5. The smallest absolute Gasteiger partial charge is 0.276 e. The van der Waals surface area contributed by atoms with E-state index >= 15 is 0 Å². The van der Waals surface area contributed by atoms with Crippen LogP contribution in [0.5, 0.6) is 0 Å². The molecule has 0 aliphatic rings. The van der Waals surface area contributed by atoms with Crippen molar-refractivity contribution in [1.29, 1.82) is 0 Å². The molecule has 0 aromatic rings. The van der Waals surface area contributed by atoms with Crippen LogP contribution in [0.4, 0.5) is 0 Å². The van der Waals surface area contributed by atoms with Crippen molar-refractivity contribution in [3.63, 3.8) is 0 Å². The second-order valence-corrected chi connectivity index (χ2v) is 7.52. The van der Waals surface area contributed by atoms with Crippen LogP contribution in [-0.4, -0.2) is 27.2 Å². The molecule has 0 heterocycles. The Morgan fingerprint density at radius 1 is 1.14 bits per heavy atom. The van der Waals surface area contributed by atoms with Crippen LogP contribution < -0.4 is 0 Å². The van der Waals surface area contributed by atoms with Crippen LogP contribution in [0.2, 0.25) is 0 Å². The van der Waals surface area contributed by atoms with Gasteiger partial charge in [0.25, 0.3) is 6.72 Å². The lowest BCUT2D eigenvalue weighted by Crippen LogP contribution is -1.85. The van der Waals surface area contributed by atoms with Gasteiger partial charge >= 0.3 is 0 Å². The van der Waals surface area contributed by atoms with E-state index < -0.39 is 16.8 Å². The molecule has 0 saturated carbocycles. The van der Waals surface area contributed by atoms with E-state index in [0.717, 1.165) is 0 Å². The summed E-state index contributed by atoms with van der Waals surface area (Å²) in [6, 6.07) is 0. The minimum Gasteiger partial charge on any atom is -0.329 e. The van der Waals surface area contributed by atoms with Crippen molar-refractivity contribution in [2.45, 2.75) is 0 Å². The topological polar surface area (TPSA) is 60.7 Å². The highest BCUT2D eigenvalue weighted by Gasteiger charge is 2.01. The number of hydrogen-bond donors (Lipinski definition) is 3. The van der Waals surface area contributed by atoms with Crippen LogP contribution in [0.15, 0.2) is 0 Å². The summed E-state index contributed by atoms with van der Waals surface area (Å²) in [4.78, 5) is 25.0. The summed E-state index contributed by atoms with van der Waals surface area (Å²) in [7, 11) is -0.655. The molecule has 0 aliphatic heterocycles. The van der Waals surface area contributed by atoms with Gasteiger partial charge in [0.2, 0.25) is 0 Å². The first-order chi connectivity index (χ1) is 2.94. The van der Waals surface area contributed by atoms with Crippen LogP contribution in [0.1, 0.15) is 0 Å². The Morgan fingerprint density at radius 2 is 1.29 bits per heavy atom. The first kappa shape index (κ1) is 7.66. The fraction of sp³-hybridized carbons (Fsp3) is 1.00. The third-order valence-corrected chi connectivity index (χ3v) is 4.41. The van der Waals surface area contributed by atoms with Crippen molar-refractivity contribution in [2.75, 3.05) is 12.5 Å². The first-order valence-corrected chi connectivity index (χ1v) is 5.89. The van der Waals surface area contributed by atoms with Gasteiger partial charge < -0.3 is 14.7 Å². The van der Waals surface area contributed by atoms with Gasteiger partial charge in [0.1, 0.15) is 0 Å². The SMILES string of the molecule is CS(C)=P(O)(O)O. The van der Waals surface area contributed by atoms with Crippen LogP contribution in [0, 0.1) is 0 Å². The summed E-state index contributed by atoms with van der Waals surface area (Å²) in [5, 5.41) is 0. The van der Waals surface area contributed by atoms with Gasteiger partial charge in [-0.15, -0.1) is 10.1 Å². The van der Waals surface area contributed by atoms with Crippen molar-refractivity contribution in [2.24, 2.45) is 0 Å². The van der Waals surface area contributed by atoms with Crippen molar-refractivity contribution >= 4 is 16.8 Å². The van der Waals surface area contributed by atoms with Gasteiger partial charge in [-0.25, -0.2) is 0 Å². The number of hydrogen-bond acceptors (Lipinski definition) is 0. The largest absolute Gasteiger partial charge is 0.329 e. The molecule has 46 valence electrons. The zero-order valence-corrected chi connectivity index (χ0v) is 5.91. The fourth-order valence-corrected chi connectivity index (χ4v) is 0. The maximum atomic E-state index is 8.33. The van der Waals surface area contributed by atoms with E-state index in [0.29, 0.717) is 0 Å². The molecule has 0 aromatic heterocycles. The zero-order valence-electron chi connectivity index (χ0n) is 4.20. The fourth-order valence-electron chi connectivity index (χ4n) is 0. The van der Waals surface area contributed by atoms with Gasteiger partial charge in [-0.3, -0.25) is 0 Å². The Labute approximate surface area is 44.8 Å². The minimum atomic E-state index is -3.46. The quantitative estimate of drug-likeness (QED) is 0.402. The molecule has 0 spiro atoms. The Morgan fingerprint density at radius 3 is 1.29 bits per heavy atom. The second kappa shape index (κ2) is 2.29. The molecule has 3 nitrogen and oxygen atoms in total. The van der Waals surface area contributed by atoms with Gasteiger partial charge in [0, 0.05) is 0 Å². The minimum absolute atomic E-state index is 0.655. The molecule has 0 saturated heterocycles. The lowest BCUT2D eigenvalue weighted by molar-refractivity contribution is 0.363. The normalized spacial score (nSPS) is 12.9. The van der Waals surface area contributed by atoms with Crippen molar-refractivity contribution in [3.8, 4) is 0 Å². The molecule has 0 bridgehead atoms. The van der Waals surface area contributed by atoms with Crippen LogP contribution in [0.25, 0.3) is 0 Å². The Bertz CT molecular complexity index is 102. The standard InChI is InChI=1S/C2H9O3PS/c1-7(2)6(3,4)5/h3-5H,1-2H3. The third-order valence-electron chi connectivity index (χ3n) is 0.490. The summed E-state index contributed by atoms with van der Waals surface area (Å²) in [5.74, 6) is 0. The zero-order chi connectivity index (χ0) is 6.08. The van der Waals surface area contributed by atoms with Crippen LogP contribution >= 0.6 is 6.72 Å². The van der Waals surface area contributed by atoms with E-state index in [2.05, 4.69) is 0 Å². The summed E-state index contributed by atoms with van der Waals surface area (Å²) in [6.07, 6.45) is 3.15. The maximum Gasteiger partial charge on any atom is 0.276 e. The molecule has 7 heavy (non-hydrogen) atoms. The molecule has 0 fully saturated rings. The van der Waals surface area contributed by atoms with E-state index in [-0.39, 0.29) is 0 Å². The lowest BCUT2D eigenvalue weighted by Gasteiger charge is -2.03. The van der Waals surface area contributed by atoms with Gasteiger partial charge in [-0.05, 0) is 12.5 Å². The Balaban J connectivity index is 4.28. The molecule has 0 aromatic carbocycles. The molecule has 0 radical (unpaired) electrons. The van der Waals surface area contributed by atoms with Crippen molar-refractivity contribution in [1.82, 2.24) is 0 Å². The molecule has 0 unspecified atom stereocenters. The summed E-state index contributed by atoms with van der Waals surface area (Å²) >= 11 is 0. The van der Waals surface area contributed by atoms with Gasteiger partial charge in [0.15, 0.2) is 0 Å². The molecule has 3 N–H and O–H groups in total. The summed E-state index contributed by atoms with van der Waals surface area (Å²) < 4.78 is 0. The highest BCUT2D eigenvalue weighted by Crippen LogP contribution is 2.33. The highest BCUT2D eigenvalue weighted by molar-refractivity contribution is 8.26. The average molecular weight is 144 g/mol. The molecule has 0 amide bonds. The average Bonchev–Trinajstić information content (AvgIpc) is 1.31. The molecule has 0 rings (SSSR count). The van der Waals surface area contributed by atoms with E-state index in [4.69, 9.17) is 14.7 Å². The molecular weight excluding hydrogens is 135 g/mol. The summed E-state index contributed by atoms with van der Waals surface area (Å²) in [6.45, 7) is -3.46. The van der Waals surface area contributed by atoms with Gasteiger partial charge in [0.05, 0.1) is 0 Å². The maximum absolute atomic E-state index is 8.33. The second-order valence-electron chi connectivity index (χ2n) is 1.29. The molecule has 5 heteroatoms.